The summed E-state index contributed by atoms with van der Waals surface area (Å²) in [5.74, 6) is -3.22. The summed E-state index contributed by atoms with van der Waals surface area (Å²) >= 11 is 18.5. The van der Waals surface area contributed by atoms with Crippen molar-refractivity contribution in [3.8, 4) is 0 Å². The van der Waals surface area contributed by atoms with Crippen molar-refractivity contribution in [2.75, 3.05) is 11.6 Å². The van der Waals surface area contributed by atoms with Crippen LogP contribution in [-0.4, -0.2) is 91.2 Å². The standard InChI is InChI=1S/C33H38Cl3N3O9S/c1-32(2,3)48-31(45)37-21(29(43)46-26(19-11-6-4-7-12-19)20-13-8-5-9-14-20)15-10-16-23(41)38-24-27(42)39-25(22(40)17-49-28(24)39)30(44)47-33(35,36)18-34/h4-9,11-14,21-22,24-26,28,40H,10,15-18H2,1-3H3,(H,37,45)(H,38,41)/t21?,22?,24-,25?,28-/m1/s1. The van der Waals surface area contributed by atoms with Crippen LogP contribution in [0.3, 0.4) is 0 Å². The van der Waals surface area contributed by atoms with Gasteiger partial charge >= 0.3 is 18.0 Å². The highest BCUT2D eigenvalue weighted by Gasteiger charge is 2.58. The fourth-order valence-corrected chi connectivity index (χ4v) is 6.82. The minimum atomic E-state index is -2.05. The molecule has 0 aliphatic carbocycles. The third-order valence-electron chi connectivity index (χ3n) is 7.46. The average Bonchev–Trinajstić information content (AvgIpc) is 3.05. The second kappa shape index (κ2) is 16.7. The third-order valence-corrected chi connectivity index (χ3v) is 9.90. The maximum absolute atomic E-state index is 13.6. The van der Waals surface area contributed by atoms with E-state index in [1.54, 1.807) is 20.8 Å². The summed E-state index contributed by atoms with van der Waals surface area (Å²) in [6, 6.07) is 14.8. The van der Waals surface area contributed by atoms with E-state index in [1.807, 2.05) is 60.7 Å². The molecule has 2 aliphatic rings. The number of carbonyl (C=O) groups excluding carboxylic acids is 5. The molecule has 0 aromatic heterocycles. The summed E-state index contributed by atoms with van der Waals surface area (Å²) in [7, 11) is 0. The van der Waals surface area contributed by atoms with Crippen molar-refractivity contribution in [3.63, 3.8) is 0 Å². The summed E-state index contributed by atoms with van der Waals surface area (Å²) in [5, 5.41) is 15.0. The number of rotatable bonds is 13. The zero-order chi connectivity index (χ0) is 35.9. The van der Waals surface area contributed by atoms with Crippen LogP contribution in [0.4, 0.5) is 4.79 Å². The molecule has 266 valence electrons. The highest BCUT2D eigenvalue weighted by Crippen LogP contribution is 2.39. The minimum absolute atomic E-state index is 0.0179. The van der Waals surface area contributed by atoms with E-state index in [0.717, 1.165) is 16.0 Å². The van der Waals surface area contributed by atoms with Gasteiger partial charge in [-0.1, -0.05) is 83.9 Å². The quantitative estimate of drug-likeness (QED) is 0.116. The predicted octanol–water partition coefficient (Wildman–Crippen LogP) is 4.43. The molecule has 3 amide bonds. The normalized spacial score (nSPS) is 21.1. The van der Waals surface area contributed by atoms with Crippen molar-refractivity contribution in [2.24, 2.45) is 0 Å². The van der Waals surface area contributed by atoms with Gasteiger partial charge in [-0.2, -0.15) is 0 Å². The van der Waals surface area contributed by atoms with E-state index < -0.39 is 81.6 Å². The Hall–Kier alpha value is -3.23. The Labute approximate surface area is 303 Å². The van der Waals surface area contributed by atoms with Crippen molar-refractivity contribution in [1.29, 1.82) is 0 Å². The number of nitrogens with one attached hydrogen (secondary N) is 2. The van der Waals surface area contributed by atoms with Gasteiger partial charge in [-0.05, 0) is 44.7 Å². The molecular formula is C33H38Cl3N3O9S. The molecule has 4 rings (SSSR count). The number of alkyl halides is 3. The number of hydrogen-bond acceptors (Lipinski definition) is 10. The highest BCUT2D eigenvalue weighted by atomic mass is 35.5. The third kappa shape index (κ3) is 10.4. The Bertz CT molecular complexity index is 1460. The molecule has 0 spiro atoms. The van der Waals surface area contributed by atoms with Gasteiger partial charge in [0.05, 0.1) is 12.0 Å². The van der Waals surface area contributed by atoms with E-state index in [0.29, 0.717) is 0 Å². The van der Waals surface area contributed by atoms with Crippen LogP contribution in [-0.2, 0) is 33.4 Å². The number of fused-ring (bicyclic) bond motifs is 1. The second-order valence-corrected chi connectivity index (χ2v) is 15.3. The van der Waals surface area contributed by atoms with Crippen molar-refractivity contribution >= 4 is 76.4 Å². The van der Waals surface area contributed by atoms with Gasteiger partial charge in [0, 0.05) is 12.2 Å². The SMILES string of the molecule is CC(C)(C)OC(=O)NC(CCCC(=O)N[C@@H]1C(=O)N2C(C(=O)OC(Cl)(Cl)CCl)C(O)CS[C@H]12)C(=O)OC(c1ccccc1)c1ccccc1. The molecular weight excluding hydrogens is 721 g/mol. The Morgan fingerprint density at radius 1 is 1.00 bits per heavy atom. The Kier molecular flexibility index (Phi) is 13.1. The van der Waals surface area contributed by atoms with Crippen molar-refractivity contribution in [1.82, 2.24) is 15.5 Å². The number of amides is 3. The summed E-state index contributed by atoms with van der Waals surface area (Å²) < 4.78 is 14.3. The number of nitrogens with zero attached hydrogens (tertiary/aromatic N) is 1. The van der Waals surface area contributed by atoms with Gasteiger partial charge in [-0.3, -0.25) is 9.59 Å². The molecule has 12 nitrogen and oxygen atoms in total. The number of carbonyl (C=O) groups is 5. The summed E-state index contributed by atoms with van der Waals surface area (Å²) in [5.41, 5.74) is 0.621. The van der Waals surface area contributed by atoms with Gasteiger partial charge in [0.25, 0.3) is 4.52 Å². The minimum Gasteiger partial charge on any atom is -0.451 e. The lowest BCUT2D eigenvalue weighted by atomic mass is 9.99. The number of benzene rings is 2. The van der Waals surface area contributed by atoms with Crippen LogP contribution in [0.2, 0.25) is 0 Å². The molecule has 2 aromatic rings. The first kappa shape index (κ1) is 38.6. The number of thioether (sulfide) groups is 1. The monoisotopic (exact) mass is 757 g/mol. The van der Waals surface area contributed by atoms with Gasteiger partial charge < -0.3 is 34.9 Å². The molecule has 16 heteroatoms. The largest absolute Gasteiger partial charge is 0.451 e. The molecule has 0 bridgehead atoms. The number of ether oxygens (including phenoxy) is 3. The molecule has 3 N–H and O–H groups in total. The molecule has 2 fully saturated rings. The molecule has 2 aromatic carbocycles. The Morgan fingerprint density at radius 3 is 2.14 bits per heavy atom. The first-order chi connectivity index (χ1) is 23.1. The number of esters is 2. The molecule has 0 radical (unpaired) electrons. The lowest BCUT2D eigenvalue weighted by molar-refractivity contribution is -0.173. The number of aliphatic hydroxyl groups excluding tert-OH is 1. The van der Waals surface area contributed by atoms with Crippen molar-refractivity contribution < 1.29 is 43.3 Å². The average molecular weight is 759 g/mol. The zero-order valence-electron chi connectivity index (χ0n) is 27.0. The van der Waals surface area contributed by atoms with Crippen LogP contribution >= 0.6 is 46.6 Å². The molecule has 3 unspecified atom stereocenters. The van der Waals surface area contributed by atoms with Gasteiger partial charge in [0.2, 0.25) is 11.8 Å². The van der Waals surface area contributed by atoms with Gasteiger partial charge in [0.15, 0.2) is 12.1 Å². The topological polar surface area (TPSA) is 161 Å². The number of halogens is 3. The van der Waals surface area contributed by atoms with E-state index in [2.05, 4.69) is 10.6 Å². The van der Waals surface area contributed by atoms with E-state index in [1.165, 1.54) is 11.8 Å². The summed E-state index contributed by atoms with van der Waals surface area (Å²) in [6.45, 7) is 5.06. The van der Waals surface area contributed by atoms with Gasteiger partial charge in [-0.15, -0.1) is 23.4 Å². The highest BCUT2D eigenvalue weighted by molar-refractivity contribution is 8.00. The summed E-state index contributed by atoms with van der Waals surface area (Å²) in [6.07, 6.45) is -2.80. The first-order valence-electron chi connectivity index (χ1n) is 15.5. The molecule has 2 saturated heterocycles. The van der Waals surface area contributed by atoms with E-state index in [4.69, 9.17) is 49.0 Å². The van der Waals surface area contributed by atoms with Crippen LogP contribution < -0.4 is 10.6 Å². The second-order valence-electron chi connectivity index (χ2n) is 12.4. The van der Waals surface area contributed by atoms with Crippen LogP contribution in [0.5, 0.6) is 0 Å². The van der Waals surface area contributed by atoms with E-state index in [9.17, 15) is 29.1 Å². The Balaban J connectivity index is 1.39. The molecule has 2 heterocycles. The number of aliphatic hydroxyl groups is 1. The van der Waals surface area contributed by atoms with Crippen molar-refractivity contribution in [2.45, 2.75) is 85.9 Å². The van der Waals surface area contributed by atoms with E-state index >= 15 is 0 Å². The molecule has 0 saturated carbocycles. The number of alkyl carbamates (subject to hydrolysis) is 1. The zero-order valence-corrected chi connectivity index (χ0v) is 30.1. The Morgan fingerprint density at radius 2 is 1.59 bits per heavy atom. The number of β-lactam (4-membered cyclic amide) rings is 1. The van der Waals surface area contributed by atoms with Gasteiger partial charge in [0.1, 0.15) is 23.1 Å². The molecule has 49 heavy (non-hydrogen) atoms. The molecule has 5 atom stereocenters. The molecule has 2 aliphatic heterocycles. The first-order valence-corrected chi connectivity index (χ1v) is 17.8. The van der Waals surface area contributed by atoms with Crippen LogP contribution in [0, 0.1) is 0 Å². The fraction of sp³-hybridized carbons (Fsp3) is 0.485. The van der Waals surface area contributed by atoms with E-state index in [-0.39, 0.29) is 25.0 Å². The van der Waals surface area contributed by atoms with Crippen LogP contribution in [0.15, 0.2) is 60.7 Å². The van der Waals surface area contributed by atoms with Gasteiger partial charge in [-0.25, -0.2) is 14.4 Å². The van der Waals surface area contributed by atoms with Crippen molar-refractivity contribution in [3.05, 3.63) is 71.8 Å². The lowest BCUT2D eigenvalue weighted by Gasteiger charge is -2.53. The smallest absolute Gasteiger partial charge is 0.408 e. The fourth-order valence-electron chi connectivity index (χ4n) is 5.26. The summed E-state index contributed by atoms with van der Waals surface area (Å²) in [4.78, 5) is 66.2. The van der Waals surface area contributed by atoms with Crippen LogP contribution in [0.1, 0.15) is 57.3 Å². The van der Waals surface area contributed by atoms with Crippen LogP contribution in [0.25, 0.3) is 0 Å². The lowest BCUT2D eigenvalue weighted by Crippen LogP contribution is -2.76. The predicted molar refractivity (Wildman–Crippen MR) is 184 cm³/mol. The maximum atomic E-state index is 13.6. The number of hydrogen-bond donors (Lipinski definition) is 3. The maximum Gasteiger partial charge on any atom is 0.408 e.